The molecule has 0 bridgehead atoms. The second-order valence-corrected chi connectivity index (χ2v) is 6.86. The molecule has 21 heavy (non-hydrogen) atoms. The van der Waals surface area contributed by atoms with Crippen molar-refractivity contribution in [1.82, 2.24) is 20.0 Å². The van der Waals surface area contributed by atoms with Crippen molar-refractivity contribution < 1.29 is 0 Å². The van der Waals surface area contributed by atoms with E-state index in [1.807, 2.05) is 19.3 Å². The molecule has 2 aromatic rings. The fraction of sp³-hybridized carbons (Fsp3) is 0.400. The molecule has 4 nitrogen and oxygen atoms in total. The number of nitrogens with one attached hydrogen (secondary N) is 1. The average Bonchev–Trinajstić information content (AvgIpc) is 2.81. The van der Waals surface area contributed by atoms with Crippen LogP contribution in [-0.2, 0) is 6.54 Å². The average molecular weight is 416 g/mol. The Morgan fingerprint density at radius 2 is 1.95 bits per heavy atom. The standard InChI is InChI=1S/C15H20Br2N4/c1-18-14(11-6-4-5-7-12(11)16)15-13(17)10-19-21(15)9-8-20(2)3/h4-7,10,14,18H,8-9H2,1-3H3. The van der Waals surface area contributed by atoms with Gasteiger partial charge in [0.15, 0.2) is 0 Å². The molecule has 1 unspecified atom stereocenters. The highest BCUT2D eigenvalue weighted by molar-refractivity contribution is 9.10. The van der Waals surface area contributed by atoms with E-state index < -0.39 is 0 Å². The maximum absolute atomic E-state index is 4.50. The SMILES string of the molecule is CNC(c1ccccc1Br)c1c(Br)cnn1CCN(C)C. The van der Waals surface area contributed by atoms with Crippen LogP contribution in [0.5, 0.6) is 0 Å². The molecule has 0 aliphatic carbocycles. The number of benzene rings is 1. The first-order valence-electron chi connectivity index (χ1n) is 6.82. The summed E-state index contributed by atoms with van der Waals surface area (Å²) in [4.78, 5) is 2.16. The molecule has 0 aliphatic rings. The van der Waals surface area contributed by atoms with Gasteiger partial charge in [0.05, 0.1) is 29.0 Å². The van der Waals surface area contributed by atoms with Crippen LogP contribution in [0.2, 0.25) is 0 Å². The molecule has 6 heteroatoms. The van der Waals surface area contributed by atoms with Crippen LogP contribution in [-0.4, -0.2) is 42.4 Å². The van der Waals surface area contributed by atoms with Crippen LogP contribution in [0.25, 0.3) is 0 Å². The second kappa shape index (κ2) is 7.54. The zero-order chi connectivity index (χ0) is 15.4. The van der Waals surface area contributed by atoms with E-state index in [-0.39, 0.29) is 6.04 Å². The summed E-state index contributed by atoms with van der Waals surface area (Å²) in [6.45, 7) is 1.81. The molecule has 1 aromatic carbocycles. The summed E-state index contributed by atoms with van der Waals surface area (Å²) in [6.07, 6.45) is 1.87. The molecule has 0 radical (unpaired) electrons. The van der Waals surface area contributed by atoms with Gasteiger partial charge in [-0.15, -0.1) is 0 Å². The lowest BCUT2D eigenvalue weighted by atomic mass is 10.0. The Kier molecular flexibility index (Phi) is 5.98. The van der Waals surface area contributed by atoms with Crippen molar-refractivity contribution in [2.75, 3.05) is 27.7 Å². The predicted octanol–water partition coefficient (Wildman–Crippen LogP) is 3.28. The lowest BCUT2D eigenvalue weighted by Crippen LogP contribution is -2.25. The van der Waals surface area contributed by atoms with E-state index in [2.05, 4.69) is 84.2 Å². The van der Waals surface area contributed by atoms with Crippen molar-refractivity contribution >= 4 is 31.9 Å². The summed E-state index contributed by atoms with van der Waals surface area (Å²) in [5, 5.41) is 7.90. The summed E-state index contributed by atoms with van der Waals surface area (Å²) in [6, 6.07) is 8.35. The van der Waals surface area contributed by atoms with E-state index in [9.17, 15) is 0 Å². The maximum Gasteiger partial charge on any atom is 0.0768 e. The van der Waals surface area contributed by atoms with E-state index >= 15 is 0 Å². The largest absolute Gasteiger partial charge is 0.308 e. The van der Waals surface area contributed by atoms with Crippen LogP contribution >= 0.6 is 31.9 Å². The number of nitrogens with zero attached hydrogens (tertiary/aromatic N) is 3. The lowest BCUT2D eigenvalue weighted by molar-refractivity contribution is 0.366. The molecule has 0 saturated carbocycles. The van der Waals surface area contributed by atoms with Gasteiger partial charge in [-0.1, -0.05) is 34.1 Å². The highest BCUT2D eigenvalue weighted by atomic mass is 79.9. The van der Waals surface area contributed by atoms with Crippen molar-refractivity contribution in [3.05, 3.63) is 50.7 Å². The molecule has 0 amide bonds. The van der Waals surface area contributed by atoms with Crippen molar-refractivity contribution in [3.63, 3.8) is 0 Å². The molecular formula is C15H20Br2N4. The van der Waals surface area contributed by atoms with Crippen LogP contribution in [0, 0.1) is 0 Å². The Morgan fingerprint density at radius 1 is 1.24 bits per heavy atom. The van der Waals surface area contributed by atoms with E-state index in [1.54, 1.807) is 0 Å². The Bertz CT molecular complexity index is 595. The second-order valence-electron chi connectivity index (χ2n) is 5.15. The van der Waals surface area contributed by atoms with Crippen molar-refractivity contribution in [3.8, 4) is 0 Å². The Labute approximate surface area is 142 Å². The van der Waals surface area contributed by atoms with Crippen molar-refractivity contribution in [2.24, 2.45) is 0 Å². The Balaban J connectivity index is 2.38. The van der Waals surface area contributed by atoms with E-state index in [1.165, 1.54) is 5.56 Å². The number of likely N-dealkylation sites (N-methyl/N-ethyl adjacent to an activating group) is 1. The third-order valence-corrected chi connectivity index (χ3v) is 4.70. The Hall–Kier alpha value is -0.690. The van der Waals surface area contributed by atoms with E-state index in [4.69, 9.17) is 0 Å². The number of hydrogen-bond donors (Lipinski definition) is 1. The molecule has 0 spiro atoms. The lowest BCUT2D eigenvalue weighted by Gasteiger charge is -2.21. The van der Waals surface area contributed by atoms with Gasteiger partial charge in [-0.3, -0.25) is 4.68 Å². The minimum absolute atomic E-state index is 0.0830. The third-order valence-electron chi connectivity index (χ3n) is 3.37. The van der Waals surface area contributed by atoms with Gasteiger partial charge in [-0.05, 0) is 48.7 Å². The summed E-state index contributed by atoms with van der Waals surface area (Å²) in [5.74, 6) is 0. The fourth-order valence-electron chi connectivity index (χ4n) is 2.28. The van der Waals surface area contributed by atoms with E-state index in [0.29, 0.717) is 0 Å². The fourth-order valence-corrected chi connectivity index (χ4v) is 3.32. The molecule has 1 N–H and O–H groups in total. The zero-order valence-electron chi connectivity index (χ0n) is 12.5. The maximum atomic E-state index is 4.50. The summed E-state index contributed by atoms with van der Waals surface area (Å²) in [7, 11) is 6.11. The minimum Gasteiger partial charge on any atom is -0.308 e. The minimum atomic E-state index is 0.0830. The van der Waals surface area contributed by atoms with Gasteiger partial charge in [0.1, 0.15) is 0 Å². The van der Waals surface area contributed by atoms with E-state index in [0.717, 1.165) is 27.7 Å². The summed E-state index contributed by atoms with van der Waals surface area (Å²) < 4.78 is 4.18. The predicted molar refractivity (Wildman–Crippen MR) is 93.5 cm³/mol. The molecule has 0 aliphatic heterocycles. The van der Waals surface area contributed by atoms with Gasteiger partial charge in [0.2, 0.25) is 0 Å². The van der Waals surface area contributed by atoms with Gasteiger partial charge in [0, 0.05) is 11.0 Å². The number of aromatic nitrogens is 2. The molecule has 1 aromatic heterocycles. The molecular weight excluding hydrogens is 396 g/mol. The quantitative estimate of drug-likeness (QED) is 0.785. The summed E-state index contributed by atoms with van der Waals surface area (Å²) >= 11 is 7.28. The van der Waals surface area contributed by atoms with Crippen molar-refractivity contribution in [1.29, 1.82) is 0 Å². The molecule has 0 fully saturated rings. The number of halogens is 2. The molecule has 1 atom stereocenters. The first-order valence-corrected chi connectivity index (χ1v) is 8.40. The smallest absolute Gasteiger partial charge is 0.0768 e. The van der Waals surface area contributed by atoms with Crippen LogP contribution in [0.15, 0.2) is 39.4 Å². The molecule has 0 saturated heterocycles. The molecule has 1 heterocycles. The topological polar surface area (TPSA) is 33.1 Å². The van der Waals surface area contributed by atoms with Gasteiger partial charge >= 0.3 is 0 Å². The van der Waals surface area contributed by atoms with Crippen LogP contribution in [0.4, 0.5) is 0 Å². The van der Waals surface area contributed by atoms with Crippen molar-refractivity contribution in [2.45, 2.75) is 12.6 Å². The monoisotopic (exact) mass is 414 g/mol. The normalized spacial score (nSPS) is 12.9. The van der Waals surface area contributed by atoms with Crippen LogP contribution in [0.3, 0.4) is 0 Å². The van der Waals surface area contributed by atoms with Gasteiger partial charge in [-0.25, -0.2) is 0 Å². The zero-order valence-corrected chi connectivity index (χ0v) is 15.6. The summed E-state index contributed by atoms with van der Waals surface area (Å²) in [5.41, 5.74) is 2.35. The Morgan fingerprint density at radius 3 is 2.57 bits per heavy atom. The van der Waals surface area contributed by atoms with Crippen LogP contribution < -0.4 is 5.32 Å². The highest BCUT2D eigenvalue weighted by Gasteiger charge is 2.22. The highest BCUT2D eigenvalue weighted by Crippen LogP contribution is 2.32. The van der Waals surface area contributed by atoms with Gasteiger partial charge in [-0.2, -0.15) is 5.10 Å². The molecule has 2 rings (SSSR count). The molecule has 114 valence electrons. The van der Waals surface area contributed by atoms with Crippen LogP contribution in [0.1, 0.15) is 17.3 Å². The third kappa shape index (κ3) is 3.94. The first-order chi connectivity index (χ1) is 10.0. The van der Waals surface area contributed by atoms with Gasteiger partial charge in [0.25, 0.3) is 0 Å². The number of rotatable bonds is 6. The first kappa shape index (κ1) is 16.7. The number of hydrogen-bond acceptors (Lipinski definition) is 3. The van der Waals surface area contributed by atoms with Gasteiger partial charge < -0.3 is 10.2 Å².